The molecule has 1 aliphatic carbocycles. The Labute approximate surface area is 103 Å². The van der Waals surface area contributed by atoms with Crippen molar-refractivity contribution in [1.82, 2.24) is 4.90 Å². The summed E-state index contributed by atoms with van der Waals surface area (Å²) in [5, 5.41) is 0. The Hall–Kier alpha value is -0.770. The van der Waals surface area contributed by atoms with Gasteiger partial charge in [-0.05, 0) is 52.9 Å². The normalized spacial score (nSPS) is 33.4. The van der Waals surface area contributed by atoms with Crippen LogP contribution in [-0.4, -0.2) is 34.7 Å². The summed E-state index contributed by atoms with van der Waals surface area (Å²) in [7, 11) is 0. The highest BCUT2D eigenvalue weighted by atomic mass is 16.6. The zero-order valence-corrected chi connectivity index (χ0v) is 11.2. The van der Waals surface area contributed by atoms with Crippen molar-refractivity contribution in [2.45, 2.75) is 70.1 Å². The van der Waals surface area contributed by atoms with Crippen LogP contribution in [0.3, 0.4) is 0 Å². The topological polar surface area (TPSA) is 55.6 Å². The fourth-order valence-electron chi connectivity index (χ4n) is 3.00. The van der Waals surface area contributed by atoms with E-state index in [-0.39, 0.29) is 17.7 Å². The van der Waals surface area contributed by atoms with E-state index >= 15 is 0 Å². The number of carbonyl (C=O) groups is 1. The fourth-order valence-corrected chi connectivity index (χ4v) is 3.00. The molecule has 1 heterocycles. The van der Waals surface area contributed by atoms with Gasteiger partial charge in [-0.25, -0.2) is 4.79 Å². The molecule has 0 bridgehead atoms. The summed E-state index contributed by atoms with van der Waals surface area (Å²) in [6.07, 6.45) is 5.15. The highest BCUT2D eigenvalue weighted by Gasteiger charge is 2.50. The average molecular weight is 240 g/mol. The molecule has 1 spiro atoms. The molecule has 0 radical (unpaired) electrons. The van der Waals surface area contributed by atoms with E-state index in [9.17, 15) is 4.79 Å². The van der Waals surface area contributed by atoms with Crippen molar-refractivity contribution in [2.24, 2.45) is 5.73 Å². The molecule has 1 amide bonds. The van der Waals surface area contributed by atoms with Crippen molar-refractivity contribution in [2.75, 3.05) is 6.54 Å². The Morgan fingerprint density at radius 2 is 2.12 bits per heavy atom. The molecule has 2 atom stereocenters. The van der Waals surface area contributed by atoms with Crippen molar-refractivity contribution in [1.29, 1.82) is 0 Å². The Morgan fingerprint density at radius 3 is 2.59 bits per heavy atom. The van der Waals surface area contributed by atoms with E-state index in [2.05, 4.69) is 0 Å². The van der Waals surface area contributed by atoms with Gasteiger partial charge in [-0.2, -0.15) is 0 Å². The fraction of sp³-hybridized carbons (Fsp3) is 0.923. The first-order valence-electron chi connectivity index (χ1n) is 6.59. The Balaban J connectivity index is 2.00. The van der Waals surface area contributed by atoms with Gasteiger partial charge in [0.25, 0.3) is 0 Å². The van der Waals surface area contributed by atoms with Crippen molar-refractivity contribution in [3.63, 3.8) is 0 Å². The average Bonchev–Trinajstić information content (AvgIpc) is 2.12. The van der Waals surface area contributed by atoms with Crippen LogP contribution in [0.1, 0.15) is 52.9 Å². The summed E-state index contributed by atoms with van der Waals surface area (Å²) in [4.78, 5) is 14.0. The molecule has 2 unspecified atom stereocenters. The van der Waals surface area contributed by atoms with Gasteiger partial charge in [-0.1, -0.05) is 0 Å². The van der Waals surface area contributed by atoms with Crippen LogP contribution in [0.5, 0.6) is 0 Å². The van der Waals surface area contributed by atoms with Gasteiger partial charge in [0, 0.05) is 18.1 Å². The van der Waals surface area contributed by atoms with E-state index in [0.29, 0.717) is 0 Å². The van der Waals surface area contributed by atoms with E-state index in [4.69, 9.17) is 10.5 Å². The molecule has 4 heteroatoms. The molecule has 0 aromatic carbocycles. The first-order chi connectivity index (χ1) is 7.82. The summed E-state index contributed by atoms with van der Waals surface area (Å²) >= 11 is 0. The van der Waals surface area contributed by atoms with E-state index in [0.717, 1.165) is 38.6 Å². The summed E-state index contributed by atoms with van der Waals surface area (Å²) < 4.78 is 5.45. The lowest BCUT2D eigenvalue weighted by Gasteiger charge is -2.55. The largest absolute Gasteiger partial charge is 0.444 e. The Kier molecular flexibility index (Phi) is 3.10. The molecular formula is C13H24N2O2. The number of hydrogen-bond donors (Lipinski definition) is 1. The standard InChI is InChI=1S/C13H24N2O2/c1-12(2,3)17-11(16)15-8-7-13(15)6-4-5-10(14)9-13/h10H,4-9,14H2,1-3H3. The summed E-state index contributed by atoms with van der Waals surface area (Å²) in [5.74, 6) is 0. The van der Waals surface area contributed by atoms with Crippen LogP contribution >= 0.6 is 0 Å². The van der Waals surface area contributed by atoms with Crippen molar-refractivity contribution >= 4 is 6.09 Å². The van der Waals surface area contributed by atoms with Crippen LogP contribution in [0.4, 0.5) is 4.79 Å². The molecule has 2 aliphatic rings. The van der Waals surface area contributed by atoms with Gasteiger partial charge < -0.3 is 15.4 Å². The third kappa shape index (κ3) is 2.57. The van der Waals surface area contributed by atoms with E-state index in [1.807, 2.05) is 25.7 Å². The van der Waals surface area contributed by atoms with Crippen LogP contribution in [0.2, 0.25) is 0 Å². The summed E-state index contributed by atoms with van der Waals surface area (Å²) in [5.41, 5.74) is 5.63. The van der Waals surface area contributed by atoms with Crippen LogP contribution in [-0.2, 0) is 4.74 Å². The first kappa shape index (κ1) is 12.7. The highest BCUT2D eigenvalue weighted by molar-refractivity contribution is 5.70. The molecule has 0 aromatic heterocycles. The Bertz CT molecular complexity index is 311. The number of carbonyl (C=O) groups excluding carboxylic acids is 1. The minimum Gasteiger partial charge on any atom is -0.444 e. The second kappa shape index (κ2) is 4.16. The molecule has 17 heavy (non-hydrogen) atoms. The molecule has 2 N–H and O–H groups in total. The molecule has 4 nitrogen and oxygen atoms in total. The maximum absolute atomic E-state index is 12.1. The first-order valence-corrected chi connectivity index (χ1v) is 6.59. The van der Waals surface area contributed by atoms with Gasteiger partial charge in [0.05, 0.1) is 0 Å². The third-order valence-corrected chi connectivity index (χ3v) is 3.85. The highest BCUT2D eigenvalue weighted by Crippen LogP contribution is 2.43. The number of nitrogens with zero attached hydrogens (tertiary/aromatic N) is 1. The quantitative estimate of drug-likeness (QED) is 0.706. The molecule has 0 aromatic rings. The van der Waals surface area contributed by atoms with Gasteiger partial charge in [-0.3, -0.25) is 0 Å². The summed E-state index contributed by atoms with van der Waals surface area (Å²) in [6, 6.07) is 0.244. The second-order valence-corrected chi connectivity index (χ2v) is 6.46. The van der Waals surface area contributed by atoms with E-state index in [1.54, 1.807) is 0 Å². The lowest BCUT2D eigenvalue weighted by molar-refractivity contribution is -0.0619. The molecule has 1 aliphatic heterocycles. The summed E-state index contributed by atoms with van der Waals surface area (Å²) in [6.45, 7) is 6.54. The number of rotatable bonds is 0. The van der Waals surface area contributed by atoms with Crippen molar-refractivity contribution in [3.8, 4) is 0 Å². The number of ether oxygens (including phenoxy) is 1. The minimum absolute atomic E-state index is 0.0139. The maximum atomic E-state index is 12.1. The third-order valence-electron chi connectivity index (χ3n) is 3.85. The van der Waals surface area contributed by atoms with Crippen LogP contribution in [0, 0.1) is 0 Å². The number of likely N-dealkylation sites (tertiary alicyclic amines) is 1. The predicted octanol–water partition coefficient (Wildman–Crippen LogP) is 2.27. The van der Waals surface area contributed by atoms with Gasteiger partial charge in [0.15, 0.2) is 0 Å². The molecule has 2 fully saturated rings. The van der Waals surface area contributed by atoms with Gasteiger partial charge in [0.1, 0.15) is 5.60 Å². The van der Waals surface area contributed by atoms with Crippen LogP contribution in [0.25, 0.3) is 0 Å². The van der Waals surface area contributed by atoms with Gasteiger partial charge in [0.2, 0.25) is 0 Å². The van der Waals surface area contributed by atoms with E-state index in [1.165, 1.54) is 0 Å². The minimum atomic E-state index is -0.412. The predicted molar refractivity (Wildman–Crippen MR) is 66.7 cm³/mol. The molecular weight excluding hydrogens is 216 g/mol. The molecule has 1 saturated carbocycles. The van der Waals surface area contributed by atoms with Crippen LogP contribution < -0.4 is 5.73 Å². The monoisotopic (exact) mass is 240 g/mol. The number of amides is 1. The molecule has 1 saturated heterocycles. The van der Waals surface area contributed by atoms with Gasteiger partial charge in [-0.15, -0.1) is 0 Å². The lowest BCUT2D eigenvalue weighted by atomic mass is 9.71. The van der Waals surface area contributed by atoms with E-state index < -0.39 is 5.60 Å². The van der Waals surface area contributed by atoms with Crippen LogP contribution in [0.15, 0.2) is 0 Å². The second-order valence-electron chi connectivity index (χ2n) is 6.46. The zero-order valence-electron chi connectivity index (χ0n) is 11.2. The Morgan fingerprint density at radius 1 is 1.41 bits per heavy atom. The SMILES string of the molecule is CC(C)(C)OC(=O)N1CCC12CCCC(N)C2. The molecule has 2 rings (SSSR count). The van der Waals surface area contributed by atoms with Gasteiger partial charge >= 0.3 is 6.09 Å². The number of hydrogen-bond acceptors (Lipinski definition) is 3. The smallest absolute Gasteiger partial charge is 0.410 e. The van der Waals surface area contributed by atoms with Crippen molar-refractivity contribution in [3.05, 3.63) is 0 Å². The maximum Gasteiger partial charge on any atom is 0.410 e. The van der Waals surface area contributed by atoms with Crippen molar-refractivity contribution < 1.29 is 9.53 Å². The molecule has 98 valence electrons. The lowest BCUT2D eigenvalue weighted by Crippen LogP contribution is -2.65. The number of nitrogens with two attached hydrogens (primary N) is 1. The zero-order chi connectivity index (χ0) is 12.7.